The van der Waals surface area contributed by atoms with Crippen molar-refractivity contribution in [2.45, 2.75) is 13.3 Å². The monoisotopic (exact) mass is 267 g/mol. The van der Waals surface area contributed by atoms with Crippen LogP contribution in [0.25, 0.3) is 0 Å². The van der Waals surface area contributed by atoms with Gasteiger partial charge in [0, 0.05) is 19.8 Å². The van der Waals surface area contributed by atoms with Crippen molar-refractivity contribution in [3.05, 3.63) is 22.8 Å². The minimum atomic E-state index is -0.267. The third-order valence-corrected chi connectivity index (χ3v) is 2.68. The Morgan fingerprint density at radius 3 is 3.00 bits per heavy atom. The third kappa shape index (κ3) is 3.60. The lowest BCUT2D eigenvalue weighted by molar-refractivity contribution is -0.142. The summed E-state index contributed by atoms with van der Waals surface area (Å²) in [6, 6.07) is 3.53. The molecule has 0 spiro atoms. The lowest BCUT2D eigenvalue weighted by Gasteiger charge is -2.18. The number of halogens is 1. The highest BCUT2D eigenvalue weighted by Crippen LogP contribution is 2.25. The molecule has 0 aliphatic rings. The summed E-state index contributed by atoms with van der Waals surface area (Å²) in [7, 11) is 1.76. The summed E-state index contributed by atoms with van der Waals surface area (Å²) in [5.41, 5.74) is 0.365. The van der Waals surface area contributed by atoms with Crippen LogP contribution in [0.2, 0.25) is 5.02 Å². The van der Waals surface area contributed by atoms with Gasteiger partial charge in [-0.25, -0.2) is 4.98 Å². The smallest absolute Gasteiger partial charge is 0.307 e. The maximum atomic E-state index is 11.2. The molecule has 0 atom stereocenters. The van der Waals surface area contributed by atoms with Crippen molar-refractivity contribution in [2.24, 2.45) is 0 Å². The minimum Gasteiger partial charge on any atom is -0.466 e. The first kappa shape index (κ1) is 14.3. The number of ether oxygens (including phenoxy) is 1. The largest absolute Gasteiger partial charge is 0.466 e. The lowest BCUT2D eigenvalue weighted by Crippen LogP contribution is -2.23. The van der Waals surface area contributed by atoms with Crippen molar-refractivity contribution in [2.75, 3.05) is 25.1 Å². The molecule has 0 saturated heterocycles. The molecule has 1 heterocycles. The molecule has 0 saturated carbocycles. The van der Waals surface area contributed by atoms with Crippen LogP contribution in [-0.4, -0.2) is 31.2 Å². The number of nitriles is 1. The zero-order valence-electron chi connectivity index (χ0n) is 10.3. The van der Waals surface area contributed by atoms with Gasteiger partial charge in [-0.15, -0.1) is 0 Å². The van der Waals surface area contributed by atoms with E-state index < -0.39 is 0 Å². The molecule has 0 radical (unpaired) electrons. The van der Waals surface area contributed by atoms with Crippen LogP contribution < -0.4 is 4.90 Å². The molecule has 96 valence electrons. The minimum absolute atomic E-state index is 0.249. The van der Waals surface area contributed by atoms with E-state index in [1.165, 1.54) is 6.20 Å². The van der Waals surface area contributed by atoms with E-state index in [-0.39, 0.29) is 12.4 Å². The van der Waals surface area contributed by atoms with Gasteiger partial charge >= 0.3 is 5.97 Å². The first-order chi connectivity index (χ1) is 8.60. The van der Waals surface area contributed by atoms with Crippen LogP contribution in [0, 0.1) is 11.3 Å². The van der Waals surface area contributed by atoms with Crippen LogP contribution in [0.3, 0.4) is 0 Å². The predicted molar refractivity (Wildman–Crippen MR) is 68.5 cm³/mol. The number of carbonyl (C=O) groups excluding carboxylic acids is 1. The molecular formula is C12H14ClN3O2. The molecule has 0 amide bonds. The zero-order valence-corrected chi connectivity index (χ0v) is 11.1. The number of aromatic nitrogens is 1. The fourth-order valence-electron chi connectivity index (χ4n) is 1.38. The lowest BCUT2D eigenvalue weighted by atomic mass is 10.2. The van der Waals surface area contributed by atoms with E-state index in [0.29, 0.717) is 29.6 Å². The van der Waals surface area contributed by atoms with E-state index in [0.717, 1.165) is 0 Å². The van der Waals surface area contributed by atoms with E-state index in [2.05, 4.69) is 4.98 Å². The molecular weight excluding hydrogens is 254 g/mol. The van der Waals surface area contributed by atoms with Crippen LogP contribution >= 0.6 is 11.6 Å². The van der Waals surface area contributed by atoms with Gasteiger partial charge in [0.1, 0.15) is 16.9 Å². The van der Waals surface area contributed by atoms with Gasteiger partial charge in [-0.3, -0.25) is 4.79 Å². The Labute approximate surface area is 111 Å². The summed E-state index contributed by atoms with van der Waals surface area (Å²) >= 11 is 6.04. The number of hydrogen-bond donors (Lipinski definition) is 0. The van der Waals surface area contributed by atoms with Gasteiger partial charge in [0.25, 0.3) is 0 Å². The quantitative estimate of drug-likeness (QED) is 0.764. The molecule has 0 fully saturated rings. The normalized spacial score (nSPS) is 9.67. The third-order valence-electron chi connectivity index (χ3n) is 2.31. The Morgan fingerprint density at radius 1 is 1.67 bits per heavy atom. The second kappa shape index (κ2) is 6.82. The van der Waals surface area contributed by atoms with E-state index in [1.54, 1.807) is 24.9 Å². The molecule has 0 aliphatic heterocycles. The Morgan fingerprint density at radius 2 is 2.39 bits per heavy atom. The van der Waals surface area contributed by atoms with Gasteiger partial charge in [0.15, 0.2) is 0 Å². The number of rotatable bonds is 5. The summed E-state index contributed by atoms with van der Waals surface area (Å²) in [6.45, 7) is 2.56. The fourth-order valence-corrected chi connectivity index (χ4v) is 1.68. The van der Waals surface area contributed by atoms with Gasteiger partial charge in [-0.1, -0.05) is 11.6 Å². The summed E-state index contributed by atoms with van der Waals surface area (Å²) in [5.74, 6) is 0.219. The van der Waals surface area contributed by atoms with Crippen molar-refractivity contribution in [1.82, 2.24) is 4.98 Å². The van der Waals surface area contributed by atoms with Crippen molar-refractivity contribution in [1.29, 1.82) is 5.26 Å². The number of carbonyl (C=O) groups is 1. The van der Waals surface area contributed by atoms with Crippen LogP contribution in [0.5, 0.6) is 0 Å². The van der Waals surface area contributed by atoms with E-state index in [4.69, 9.17) is 21.6 Å². The Bertz CT molecular complexity index is 471. The Balaban J connectivity index is 2.70. The second-order valence-electron chi connectivity index (χ2n) is 3.58. The maximum absolute atomic E-state index is 11.2. The molecule has 1 aromatic rings. The first-order valence-corrected chi connectivity index (χ1v) is 5.89. The van der Waals surface area contributed by atoms with Crippen molar-refractivity contribution in [3.8, 4) is 6.07 Å². The van der Waals surface area contributed by atoms with Crippen LogP contribution in [0.4, 0.5) is 5.82 Å². The molecule has 18 heavy (non-hydrogen) atoms. The molecule has 0 unspecified atom stereocenters. The van der Waals surface area contributed by atoms with Gasteiger partial charge in [0.05, 0.1) is 18.6 Å². The highest BCUT2D eigenvalue weighted by atomic mass is 35.5. The van der Waals surface area contributed by atoms with Crippen molar-refractivity contribution < 1.29 is 9.53 Å². The first-order valence-electron chi connectivity index (χ1n) is 5.51. The van der Waals surface area contributed by atoms with Gasteiger partial charge in [0.2, 0.25) is 0 Å². The second-order valence-corrected chi connectivity index (χ2v) is 3.96. The Kier molecular flexibility index (Phi) is 5.40. The molecule has 1 rings (SSSR count). The van der Waals surface area contributed by atoms with Crippen LogP contribution in [-0.2, 0) is 9.53 Å². The zero-order chi connectivity index (χ0) is 13.5. The average Bonchev–Trinajstić information content (AvgIpc) is 2.36. The highest BCUT2D eigenvalue weighted by Gasteiger charge is 2.12. The maximum Gasteiger partial charge on any atom is 0.307 e. The van der Waals surface area contributed by atoms with Crippen LogP contribution in [0.15, 0.2) is 12.3 Å². The van der Waals surface area contributed by atoms with E-state index in [1.807, 2.05) is 6.07 Å². The van der Waals surface area contributed by atoms with Gasteiger partial charge in [-0.2, -0.15) is 5.26 Å². The summed E-state index contributed by atoms with van der Waals surface area (Å²) in [6.07, 6.45) is 1.76. The standard InChI is InChI=1S/C12H14ClN3O2/c1-3-18-10(17)5-7-16(2)12-11(13)9(8-14)4-6-15-12/h4,6H,3,5,7H2,1-2H3. The summed E-state index contributed by atoms with van der Waals surface area (Å²) in [4.78, 5) is 17.1. The van der Waals surface area contributed by atoms with Gasteiger partial charge in [-0.05, 0) is 13.0 Å². The fraction of sp³-hybridized carbons (Fsp3) is 0.417. The molecule has 0 bridgehead atoms. The number of hydrogen-bond acceptors (Lipinski definition) is 5. The molecule has 5 nitrogen and oxygen atoms in total. The van der Waals surface area contributed by atoms with Gasteiger partial charge < -0.3 is 9.64 Å². The summed E-state index contributed by atoms with van der Waals surface area (Å²) < 4.78 is 4.83. The SMILES string of the molecule is CCOC(=O)CCN(C)c1nccc(C#N)c1Cl. The predicted octanol–water partition coefficient (Wildman–Crippen LogP) is 2.00. The number of esters is 1. The van der Waals surface area contributed by atoms with Crippen molar-refractivity contribution in [3.63, 3.8) is 0 Å². The number of pyridine rings is 1. The van der Waals surface area contributed by atoms with E-state index >= 15 is 0 Å². The number of nitrogens with zero attached hydrogens (tertiary/aromatic N) is 3. The average molecular weight is 268 g/mol. The number of anilines is 1. The molecule has 0 N–H and O–H groups in total. The van der Waals surface area contributed by atoms with Crippen molar-refractivity contribution >= 4 is 23.4 Å². The highest BCUT2D eigenvalue weighted by molar-refractivity contribution is 6.34. The molecule has 0 aromatic carbocycles. The molecule has 0 aliphatic carbocycles. The molecule has 1 aromatic heterocycles. The Hall–Kier alpha value is -1.80. The summed E-state index contributed by atoms with van der Waals surface area (Å²) in [5, 5.41) is 9.16. The topological polar surface area (TPSA) is 66.2 Å². The van der Waals surface area contributed by atoms with E-state index in [9.17, 15) is 4.79 Å². The van der Waals surface area contributed by atoms with Crippen LogP contribution in [0.1, 0.15) is 18.9 Å². The molecule has 6 heteroatoms.